The van der Waals surface area contributed by atoms with Gasteiger partial charge in [-0.05, 0) is 51.5 Å². The minimum atomic E-state index is -0.556. The molecule has 1 fully saturated rings. The highest BCUT2D eigenvalue weighted by Crippen LogP contribution is 2.27. The molecule has 0 N–H and O–H groups in total. The largest absolute Gasteiger partial charge is 0.444 e. The second kappa shape index (κ2) is 8.37. The summed E-state index contributed by atoms with van der Waals surface area (Å²) in [5.74, 6) is 0.490. The zero-order valence-electron chi connectivity index (χ0n) is 15.8. The van der Waals surface area contributed by atoms with Crippen LogP contribution in [0.15, 0.2) is 30.3 Å². The molecule has 1 saturated heterocycles. The zero-order valence-corrected chi connectivity index (χ0v) is 15.8. The van der Waals surface area contributed by atoms with E-state index in [0.29, 0.717) is 5.92 Å². The van der Waals surface area contributed by atoms with Crippen molar-refractivity contribution in [3.8, 4) is 0 Å². The molecule has 2 amide bonds. The molecule has 0 aliphatic carbocycles. The van der Waals surface area contributed by atoms with Crippen LogP contribution in [-0.4, -0.2) is 54.1 Å². The molecule has 0 saturated carbocycles. The minimum Gasteiger partial charge on any atom is -0.444 e. The van der Waals surface area contributed by atoms with Crippen LogP contribution in [0.25, 0.3) is 0 Å². The lowest BCUT2D eigenvalue weighted by Gasteiger charge is -2.27. The number of carbonyl (C=O) groups is 2. The van der Waals surface area contributed by atoms with E-state index in [1.807, 2.05) is 31.7 Å². The lowest BCUT2D eigenvalue weighted by Crippen LogP contribution is -2.43. The molecule has 1 aromatic carbocycles. The van der Waals surface area contributed by atoms with Crippen LogP contribution >= 0.6 is 0 Å². The molecule has 5 nitrogen and oxygen atoms in total. The first-order chi connectivity index (χ1) is 11.8. The molecule has 0 bridgehead atoms. The van der Waals surface area contributed by atoms with E-state index < -0.39 is 11.7 Å². The van der Waals surface area contributed by atoms with Crippen molar-refractivity contribution in [1.29, 1.82) is 0 Å². The Kier molecular flexibility index (Phi) is 6.45. The molecule has 1 aromatic rings. The number of benzene rings is 1. The normalized spacial score (nSPS) is 18.4. The molecule has 0 spiro atoms. The fraction of sp³-hybridized carbons (Fsp3) is 0.600. The molecule has 1 aliphatic heterocycles. The lowest BCUT2D eigenvalue weighted by molar-refractivity contribution is -0.132. The third-order valence-electron chi connectivity index (χ3n) is 4.43. The summed E-state index contributed by atoms with van der Waals surface area (Å²) in [5, 5.41) is 0. The van der Waals surface area contributed by atoms with Gasteiger partial charge in [-0.25, -0.2) is 4.79 Å². The third-order valence-corrected chi connectivity index (χ3v) is 4.43. The van der Waals surface area contributed by atoms with Crippen molar-refractivity contribution < 1.29 is 14.3 Å². The van der Waals surface area contributed by atoms with Gasteiger partial charge in [0.25, 0.3) is 0 Å². The van der Waals surface area contributed by atoms with Gasteiger partial charge in [0.2, 0.25) is 5.91 Å². The first-order valence-electron chi connectivity index (χ1n) is 9.03. The molecule has 5 heteroatoms. The van der Waals surface area contributed by atoms with Crippen LogP contribution in [0.3, 0.4) is 0 Å². The second-order valence-corrected chi connectivity index (χ2v) is 7.76. The van der Waals surface area contributed by atoms with E-state index in [1.165, 1.54) is 10.5 Å². The fourth-order valence-electron chi connectivity index (χ4n) is 3.11. The number of hydrogen-bond donors (Lipinski definition) is 0. The van der Waals surface area contributed by atoms with E-state index in [2.05, 4.69) is 24.3 Å². The first-order valence-corrected chi connectivity index (χ1v) is 9.03. The van der Waals surface area contributed by atoms with Crippen LogP contribution in [0.5, 0.6) is 0 Å². The number of carbonyl (C=O) groups excluding carboxylic acids is 2. The Hall–Kier alpha value is -2.04. The molecule has 1 atom stereocenters. The van der Waals surface area contributed by atoms with Gasteiger partial charge < -0.3 is 14.5 Å². The van der Waals surface area contributed by atoms with Crippen molar-refractivity contribution in [1.82, 2.24) is 9.80 Å². The van der Waals surface area contributed by atoms with Gasteiger partial charge in [-0.2, -0.15) is 0 Å². The highest BCUT2D eigenvalue weighted by Gasteiger charge is 2.25. The summed E-state index contributed by atoms with van der Waals surface area (Å²) in [6.45, 7) is 7.01. The molecular formula is C20H30N2O3. The summed E-state index contributed by atoms with van der Waals surface area (Å²) in [6.07, 6.45) is 2.58. The van der Waals surface area contributed by atoms with E-state index in [1.54, 1.807) is 7.05 Å². The molecule has 138 valence electrons. The maximum absolute atomic E-state index is 12.6. The Morgan fingerprint density at radius 1 is 1.16 bits per heavy atom. The molecule has 0 radical (unpaired) electrons. The number of likely N-dealkylation sites (N-methyl/N-ethyl adjacent to an activating group) is 1. The number of likely N-dealkylation sites (tertiary alicyclic amines) is 1. The molecular weight excluding hydrogens is 316 g/mol. The Bertz CT molecular complexity index is 580. The smallest absolute Gasteiger partial charge is 0.410 e. The van der Waals surface area contributed by atoms with Crippen LogP contribution in [0.1, 0.15) is 51.5 Å². The van der Waals surface area contributed by atoms with Gasteiger partial charge in [0.15, 0.2) is 0 Å². The summed E-state index contributed by atoms with van der Waals surface area (Å²) >= 11 is 0. The van der Waals surface area contributed by atoms with Crippen LogP contribution < -0.4 is 0 Å². The van der Waals surface area contributed by atoms with Crippen LogP contribution in [0, 0.1) is 0 Å². The molecule has 1 unspecified atom stereocenters. The standard InChI is InChI=1S/C20H30N2O3/c1-20(2,3)25-19(24)21(4)15-18(23)22-13-8-11-17(12-14-22)16-9-6-5-7-10-16/h5-7,9-10,17H,8,11-15H2,1-4H3. The molecule has 2 rings (SSSR count). The maximum Gasteiger partial charge on any atom is 0.410 e. The lowest BCUT2D eigenvalue weighted by atomic mass is 9.92. The predicted molar refractivity (Wildman–Crippen MR) is 98.5 cm³/mol. The Labute approximate surface area is 150 Å². The maximum atomic E-state index is 12.6. The molecule has 25 heavy (non-hydrogen) atoms. The van der Waals surface area contributed by atoms with Crippen molar-refractivity contribution in [3.63, 3.8) is 0 Å². The van der Waals surface area contributed by atoms with Gasteiger partial charge >= 0.3 is 6.09 Å². The number of ether oxygens (including phenoxy) is 1. The molecule has 1 aliphatic rings. The van der Waals surface area contributed by atoms with Gasteiger partial charge in [0, 0.05) is 20.1 Å². The first kappa shape index (κ1) is 19.3. The summed E-state index contributed by atoms with van der Waals surface area (Å²) in [4.78, 5) is 27.8. The van der Waals surface area contributed by atoms with Gasteiger partial charge in [-0.15, -0.1) is 0 Å². The van der Waals surface area contributed by atoms with E-state index in [9.17, 15) is 9.59 Å². The third kappa shape index (κ3) is 6.07. The summed E-state index contributed by atoms with van der Waals surface area (Å²) in [6, 6.07) is 10.5. The van der Waals surface area contributed by atoms with Crippen molar-refractivity contribution in [2.75, 3.05) is 26.7 Å². The van der Waals surface area contributed by atoms with Crippen LogP contribution in [0.4, 0.5) is 4.79 Å². The van der Waals surface area contributed by atoms with Crippen LogP contribution in [0.2, 0.25) is 0 Å². The van der Waals surface area contributed by atoms with Gasteiger partial charge in [0.1, 0.15) is 12.1 Å². The van der Waals surface area contributed by atoms with E-state index in [4.69, 9.17) is 4.74 Å². The quantitative estimate of drug-likeness (QED) is 0.839. The summed E-state index contributed by atoms with van der Waals surface area (Å²) in [7, 11) is 1.61. The Morgan fingerprint density at radius 3 is 2.48 bits per heavy atom. The van der Waals surface area contributed by atoms with Crippen molar-refractivity contribution in [2.24, 2.45) is 0 Å². The van der Waals surface area contributed by atoms with Gasteiger partial charge in [-0.1, -0.05) is 30.3 Å². The van der Waals surface area contributed by atoms with Crippen molar-refractivity contribution in [2.45, 2.75) is 51.6 Å². The number of rotatable bonds is 3. The number of amides is 2. The van der Waals surface area contributed by atoms with Crippen molar-refractivity contribution in [3.05, 3.63) is 35.9 Å². The fourth-order valence-corrected chi connectivity index (χ4v) is 3.11. The molecule has 0 aromatic heterocycles. The van der Waals surface area contributed by atoms with Crippen molar-refractivity contribution >= 4 is 12.0 Å². The zero-order chi connectivity index (χ0) is 18.4. The second-order valence-electron chi connectivity index (χ2n) is 7.76. The van der Waals surface area contributed by atoms with E-state index in [-0.39, 0.29) is 12.5 Å². The minimum absolute atomic E-state index is 0.0120. The highest BCUT2D eigenvalue weighted by atomic mass is 16.6. The average Bonchev–Trinajstić information content (AvgIpc) is 2.80. The van der Waals surface area contributed by atoms with Gasteiger partial charge in [0.05, 0.1) is 0 Å². The average molecular weight is 346 g/mol. The molecule has 1 heterocycles. The number of hydrogen-bond acceptors (Lipinski definition) is 3. The summed E-state index contributed by atoms with van der Waals surface area (Å²) < 4.78 is 5.30. The van der Waals surface area contributed by atoms with Gasteiger partial charge in [-0.3, -0.25) is 4.79 Å². The Morgan fingerprint density at radius 2 is 1.84 bits per heavy atom. The number of nitrogens with zero attached hydrogens (tertiary/aromatic N) is 2. The predicted octanol–water partition coefficient (Wildman–Crippen LogP) is 3.65. The summed E-state index contributed by atoms with van der Waals surface area (Å²) in [5.41, 5.74) is 0.794. The monoisotopic (exact) mass is 346 g/mol. The topological polar surface area (TPSA) is 49.9 Å². The van der Waals surface area contributed by atoms with E-state index in [0.717, 1.165) is 32.4 Å². The van der Waals surface area contributed by atoms with E-state index >= 15 is 0 Å². The SMILES string of the molecule is CN(CC(=O)N1CCCC(c2ccccc2)CC1)C(=O)OC(C)(C)C. The Balaban J connectivity index is 1.87. The van der Waals surface area contributed by atoms with Crippen LogP contribution in [-0.2, 0) is 9.53 Å². The highest BCUT2D eigenvalue weighted by molar-refractivity contribution is 5.82.